The molecule has 0 saturated carbocycles. The van der Waals surface area contributed by atoms with Gasteiger partial charge in [0.25, 0.3) is 0 Å². The highest BCUT2D eigenvalue weighted by Gasteiger charge is 2.26. The molecule has 0 bridgehead atoms. The van der Waals surface area contributed by atoms with Crippen LogP contribution in [0.1, 0.15) is 12.8 Å². The third kappa shape index (κ3) is 5.09. The number of morpholine rings is 1. The van der Waals surface area contributed by atoms with Crippen molar-refractivity contribution in [2.75, 3.05) is 80.7 Å². The Hall–Kier alpha value is -2.13. The van der Waals surface area contributed by atoms with Gasteiger partial charge in [0, 0.05) is 69.8 Å². The predicted octanol–water partition coefficient (Wildman–Crippen LogP) is 2.58. The summed E-state index contributed by atoms with van der Waals surface area (Å²) in [5, 5.41) is 7.28. The van der Waals surface area contributed by atoms with E-state index in [1.165, 1.54) is 18.5 Å². The van der Waals surface area contributed by atoms with Crippen LogP contribution >= 0.6 is 11.6 Å². The lowest BCUT2D eigenvalue weighted by Gasteiger charge is -2.40. The van der Waals surface area contributed by atoms with Crippen molar-refractivity contribution in [2.45, 2.75) is 18.9 Å². The molecule has 3 fully saturated rings. The highest BCUT2D eigenvalue weighted by atomic mass is 35.5. The van der Waals surface area contributed by atoms with Gasteiger partial charge in [-0.05, 0) is 37.1 Å². The van der Waals surface area contributed by atoms with Gasteiger partial charge < -0.3 is 25.2 Å². The van der Waals surface area contributed by atoms with Crippen molar-refractivity contribution >= 4 is 34.7 Å². The van der Waals surface area contributed by atoms with E-state index in [0.29, 0.717) is 17.0 Å². The van der Waals surface area contributed by atoms with Crippen LogP contribution in [-0.2, 0) is 4.74 Å². The average molecular weight is 458 g/mol. The third-order valence-electron chi connectivity index (χ3n) is 6.66. The van der Waals surface area contributed by atoms with Gasteiger partial charge in [0.1, 0.15) is 5.02 Å². The zero-order chi connectivity index (χ0) is 21.8. The molecule has 3 aliphatic rings. The first-order valence-corrected chi connectivity index (χ1v) is 12.1. The van der Waals surface area contributed by atoms with Crippen molar-refractivity contribution in [3.63, 3.8) is 0 Å². The molecule has 172 valence electrons. The van der Waals surface area contributed by atoms with Crippen LogP contribution in [0.15, 0.2) is 30.5 Å². The van der Waals surface area contributed by atoms with Gasteiger partial charge in [-0.15, -0.1) is 0 Å². The van der Waals surface area contributed by atoms with Crippen LogP contribution in [0.25, 0.3) is 0 Å². The fourth-order valence-corrected chi connectivity index (χ4v) is 5.04. The lowest BCUT2D eigenvalue weighted by Crippen LogP contribution is -2.49. The number of hydrogen-bond donors (Lipinski definition) is 2. The zero-order valence-electron chi connectivity index (χ0n) is 18.5. The third-order valence-corrected chi connectivity index (χ3v) is 6.92. The predicted molar refractivity (Wildman–Crippen MR) is 129 cm³/mol. The summed E-state index contributed by atoms with van der Waals surface area (Å²) in [5.74, 6) is 1.37. The molecule has 0 radical (unpaired) electrons. The standard InChI is InChI=1S/C23H32ClN7O/c24-21-17-26-23(28-22(21)31-11-7-25-8-12-31)27-18-1-3-19(4-2-18)29-9-5-20(6-10-29)30-13-15-32-16-14-30/h1-4,17,20,25H,5-16H2,(H,26,27,28). The summed E-state index contributed by atoms with van der Waals surface area (Å²) in [6.07, 6.45) is 4.11. The average Bonchev–Trinajstić information content (AvgIpc) is 2.87. The summed E-state index contributed by atoms with van der Waals surface area (Å²) in [6, 6.07) is 9.27. The molecule has 2 aromatic rings. The second-order valence-electron chi connectivity index (χ2n) is 8.64. The number of aromatic nitrogens is 2. The van der Waals surface area contributed by atoms with Crippen molar-refractivity contribution in [3.8, 4) is 0 Å². The molecule has 4 heterocycles. The maximum atomic E-state index is 6.37. The van der Waals surface area contributed by atoms with Crippen molar-refractivity contribution < 1.29 is 4.74 Å². The van der Waals surface area contributed by atoms with Crippen molar-refractivity contribution in [2.24, 2.45) is 0 Å². The zero-order valence-corrected chi connectivity index (χ0v) is 19.2. The van der Waals surface area contributed by atoms with Gasteiger partial charge in [-0.1, -0.05) is 11.6 Å². The minimum atomic E-state index is 0.571. The summed E-state index contributed by atoms with van der Waals surface area (Å²) in [7, 11) is 0. The van der Waals surface area contributed by atoms with Crippen LogP contribution < -0.4 is 20.4 Å². The van der Waals surface area contributed by atoms with Gasteiger partial charge in [-0.3, -0.25) is 4.90 Å². The molecule has 2 N–H and O–H groups in total. The van der Waals surface area contributed by atoms with Crippen LogP contribution in [0.5, 0.6) is 0 Å². The molecule has 0 aliphatic carbocycles. The van der Waals surface area contributed by atoms with E-state index in [0.717, 1.165) is 77.1 Å². The van der Waals surface area contributed by atoms with Crippen molar-refractivity contribution in [1.82, 2.24) is 20.2 Å². The number of nitrogens with zero attached hydrogens (tertiary/aromatic N) is 5. The second kappa shape index (κ2) is 10.2. The first kappa shape index (κ1) is 21.7. The number of rotatable bonds is 5. The number of hydrogen-bond acceptors (Lipinski definition) is 8. The maximum absolute atomic E-state index is 6.37. The van der Waals surface area contributed by atoms with Gasteiger partial charge in [0.15, 0.2) is 5.82 Å². The molecule has 1 aromatic carbocycles. The first-order valence-electron chi connectivity index (χ1n) is 11.7. The summed E-state index contributed by atoms with van der Waals surface area (Å²) in [4.78, 5) is 16.3. The molecule has 32 heavy (non-hydrogen) atoms. The Morgan fingerprint density at radius 2 is 1.66 bits per heavy atom. The SMILES string of the molecule is Clc1cnc(Nc2ccc(N3CCC(N4CCOCC4)CC3)cc2)nc1N1CCNCC1. The minimum Gasteiger partial charge on any atom is -0.379 e. The van der Waals surface area contributed by atoms with E-state index in [-0.39, 0.29) is 0 Å². The topological polar surface area (TPSA) is 68.8 Å². The quantitative estimate of drug-likeness (QED) is 0.710. The van der Waals surface area contributed by atoms with E-state index in [9.17, 15) is 0 Å². The van der Waals surface area contributed by atoms with Crippen LogP contribution in [0.2, 0.25) is 5.02 Å². The molecule has 0 spiro atoms. The van der Waals surface area contributed by atoms with Gasteiger partial charge in [-0.25, -0.2) is 4.98 Å². The summed E-state index contributed by atoms with van der Waals surface area (Å²) in [6.45, 7) is 9.78. The monoisotopic (exact) mass is 457 g/mol. The van der Waals surface area contributed by atoms with Crippen molar-refractivity contribution in [3.05, 3.63) is 35.5 Å². The number of nitrogens with one attached hydrogen (secondary N) is 2. The molecule has 3 saturated heterocycles. The van der Waals surface area contributed by atoms with Crippen molar-refractivity contribution in [1.29, 1.82) is 0 Å². The Morgan fingerprint density at radius 3 is 2.38 bits per heavy atom. The van der Waals surface area contributed by atoms with Crippen LogP contribution in [0.4, 0.5) is 23.1 Å². The molecule has 8 nitrogen and oxygen atoms in total. The molecular formula is C23H32ClN7O. The number of piperidine rings is 1. The number of halogens is 1. The van der Waals surface area contributed by atoms with Crippen LogP contribution in [-0.4, -0.2) is 86.5 Å². The number of piperazine rings is 1. The summed E-state index contributed by atoms with van der Waals surface area (Å²) < 4.78 is 5.50. The summed E-state index contributed by atoms with van der Waals surface area (Å²) >= 11 is 6.37. The Bertz CT molecular complexity index is 876. The maximum Gasteiger partial charge on any atom is 0.229 e. The molecule has 3 aliphatic heterocycles. The number of anilines is 4. The lowest BCUT2D eigenvalue weighted by atomic mass is 10.0. The van der Waals surface area contributed by atoms with E-state index >= 15 is 0 Å². The van der Waals surface area contributed by atoms with E-state index in [2.05, 4.69) is 59.6 Å². The molecular weight excluding hydrogens is 426 g/mol. The lowest BCUT2D eigenvalue weighted by molar-refractivity contribution is 0.0115. The Labute approximate surface area is 194 Å². The molecule has 5 rings (SSSR count). The molecule has 0 unspecified atom stereocenters. The number of ether oxygens (including phenoxy) is 1. The van der Waals surface area contributed by atoms with Gasteiger partial charge in [-0.2, -0.15) is 4.98 Å². The Kier molecular flexibility index (Phi) is 6.92. The van der Waals surface area contributed by atoms with Crippen LogP contribution in [0.3, 0.4) is 0 Å². The van der Waals surface area contributed by atoms with Gasteiger partial charge in [0.2, 0.25) is 5.95 Å². The van der Waals surface area contributed by atoms with Gasteiger partial charge >= 0.3 is 0 Å². The van der Waals surface area contributed by atoms with E-state index in [1.54, 1.807) is 6.20 Å². The first-order chi connectivity index (χ1) is 15.8. The largest absolute Gasteiger partial charge is 0.379 e. The Morgan fingerprint density at radius 1 is 0.938 bits per heavy atom. The fourth-order valence-electron chi connectivity index (χ4n) is 4.83. The molecule has 0 amide bonds. The van der Waals surface area contributed by atoms with E-state index in [1.807, 2.05) is 0 Å². The van der Waals surface area contributed by atoms with E-state index in [4.69, 9.17) is 16.3 Å². The second-order valence-corrected chi connectivity index (χ2v) is 9.05. The highest BCUT2D eigenvalue weighted by molar-refractivity contribution is 6.32. The molecule has 9 heteroatoms. The summed E-state index contributed by atoms with van der Waals surface area (Å²) in [5.41, 5.74) is 2.25. The molecule has 0 atom stereocenters. The van der Waals surface area contributed by atoms with Gasteiger partial charge in [0.05, 0.1) is 19.4 Å². The number of benzene rings is 1. The molecule has 1 aromatic heterocycles. The van der Waals surface area contributed by atoms with Crippen LogP contribution in [0, 0.1) is 0 Å². The Balaban J connectivity index is 1.18. The normalized spacial score (nSPS) is 21.0. The minimum absolute atomic E-state index is 0.571. The highest BCUT2D eigenvalue weighted by Crippen LogP contribution is 2.27. The fraction of sp³-hybridized carbons (Fsp3) is 0.565. The van der Waals surface area contributed by atoms with E-state index < -0.39 is 0 Å². The smallest absolute Gasteiger partial charge is 0.229 e.